The molecule has 0 amide bonds. The number of nitrogens with zero attached hydrogens (tertiary/aromatic N) is 5. The maximum Gasteiger partial charge on any atom is 0.320 e. The molecule has 2 saturated heterocycles. The molecule has 5 heterocycles. The van der Waals surface area contributed by atoms with Crippen LogP contribution in [0.2, 0.25) is 0 Å². The first-order valence-electron chi connectivity index (χ1n) is 14.4. The van der Waals surface area contributed by atoms with E-state index >= 15 is 0 Å². The predicted octanol–water partition coefficient (Wildman–Crippen LogP) is 4.65. The average Bonchev–Trinajstić information content (AvgIpc) is 3.78. The second-order valence-corrected chi connectivity index (χ2v) is 12.8. The molecule has 1 spiro atoms. The van der Waals surface area contributed by atoms with E-state index in [1.807, 2.05) is 23.7 Å². The number of carbonyl (C=O) groups is 1. The van der Waals surface area contributed by atoms with Gasteiger partial charge in [0.1, 0.15) is 17.7 Å². The molecule has 4 aromatic rings. The molecule has 1 unspecified atom stereocenters. The number of aromatic nitrogens is 4. The number of nitrogens with one attached hydrogen (secondary N) is 2. The van der Waals surface area contributed by atoms with Crippen molar-refractivity contribution in [3.8, 4) is 0 Å². The van der Waals surface area contributed by atoms with Gasteiger partial charge in [-0.15, -0.1) is 11.3 Å². The molecule has 216 valence electrons. The van der Waals surface area contributed by atoms with Crippen molar-refractivity contribution in [1.82, 2.24) is 34.6 Å². The number of carboxylic acids is 1. The highest BCUT2D eigenvalue weighted by atomic mass is 32.1. The molecule has 2 aliphatic rings. The zero-order valence-electron chi connectivity index (χ0n) is 23.6. The van der Waals surface area contributed by atoms with Gasteiger partial charge in [-0.1, -0.05) is 24.3 Å². The van der Waals surface area contributed by atoms with Gasteiger partial charge in [0, 0.05) is 55.8 Å². The van der Waals surface area contributed by atoms with Gasteiger partial charge in [-0.25, -0.2) is 9.97 Å². The molecule has 0 radical (unpaired) electrons. The van der Waals surface area contributed by atoms with Gasteiger partial charge < -0.3 is 15.1 Å². The van der Waals surface area contributed by atoms with Crippen LogP contribution < -0.4 is 0 Å². The topological polar surface area (TPSA) is 104 Å². The van der Waals surface area contributed by atoms with E-state index in [0.29, 0.717) is 19.6 Å². The molecule has 0 bridgehead atoms. The van der Waals surface area contributed by atoms with E-state index in [1.165, 1.54) is 16.0 Å². The van der Waals surface area contributed by atoms with Gasteiger partial charge in [-0.2, -0.15) is 0 Å². The molecule has 0 aliphatic carbocycles. The van der Waals surface area contributed by atoms with Crippen LogP contribution in [0.25, 0.3) is 0 Å². The molecule has 2 fully saturated rings. The number of thiophene rings is 1. The number of rotatable bonds is 11. The number of carboxylic acid groups (broad SMARTS) is 1. The summed E-state index contributed by atoms with van der Waals surface area (Å²) in [5.74, 6) is 1.15. The Morgan fingerprint density at radius 2 is 1.66 bits per heavy atom. The van der Waals surface area contributed by atoms with Crippen LogP contribution in [-0.4, -0.2) is 71.4 Å². The Bertz CT molecular complexity index is 1360. The smallest absolute Gasteiger partial charge is 0.320 e. The van der Waals surface area contributed by atoms with Crippen LogP contribution in [0.4, 0.5) is 0 Å². The van der Waals surface area contributed by atoms with Gasteiger partial charge in [-0.05, 0) is 72.8 Å². The van der Waals surface area contributed by atoms with E-state index in [-0.39, 0.29) is 5.41 Å². The molecular formula is C31H39N7O2S. The normalized spacial score (nSPS) is 19.4. The Labute approximate surface area is 245 Å². The Kier molecular flexibility index (Phi) is 8.34. The SMILES string of the molecule is Cc1ccsc1CN1CCC2(CC1)CC(C(=O)O)N(Cc1ccc(CN(Cc3ncc[nH]3)Cc3ncc[nH]3)cc1)C2. The largest absolute Gasteiger partial charge is 0.480 e. The fourth-order valence-electron chi connectivity index (χ4n) is 6.47. The molecule has 6 rings (SSSR count). The maximum absolute atomic E-state index is 12.3. The van der Waals surface area contributed by atoms with E-state index in [1.54, 1.807) is 12.4 Å². The second-order valence-electron chi connectivity index (χ2n) is 11.8. The number of piperidine rings is 1. The quantitative estimate of drug-likeness (QED) is 0.240. The van der Waals surface area contributed by atoms with Crippen LogP contribution >= 0.6 is 11.3 Å². The molecular weight excluding hydrogens is 534 g/mol. The molecule has 10 heteroatoms. The first-order valence-corrected chi connectivity index (χ1v) is 15.3. The lowest BCUT2D eigenvalue weighted by Gasteiger charge is -2.39. The van der Waals surface area contributed by atoms with Crippen molar-refractivity contribution < 1.29 is 9.90 Å². The third-order valence-electron chi connectivity index (χ3n) is 8.81. The molecule has 2 aliphatic heterocycles. The first-order chi connectivity index (χ1) is 19.9. The number of benzene rings is 1. The van der Waals surface area contributed by atoms with Crippen LogP contribution in [0.5, 0.6) is 0 Å². The molecule has 1 atom stereocenters. The lowest BCUT2D eigenvalue weighted by atomic mass is 9.76. The number of imidazole rings is 2. The lowest BCUT2D eigenvalue weighted by molar-refractivity contribution is -0.142. The van der Waals surface area contributed by atoms with E-state index in [4.69, 9.17) is 0 Å². The van der Waals surface area contributed by atoms with Crippen molar-refractivity contribution in [2.24, 2.45) is 5.41 Å². The highest BCUT2D eigenvalue weighted by molar-refractivity contribution is 7.10. The number of hydrogen-bond acceptors (Lipinski definition) is 7. The van der Waals surface area contributed by atoms with Crippen molar-refractivity contribution in [2.45, 2.75) is 65.0 Å². The summed E-state index contributed by atoms with van der Waals surface area (Å²) in [7, 11) is 0. The Morgan fingerprint density at radius 1 is 1.00 bits per heavy atom. The van der Waals surface area contributed by atoms with Gasteiger partial charge in [0.15, 0.2) is 0 Å². The zero-order chi connectivity index (χ0) is 28.2. The summed E-state index contributed by atoms with van der Waals surface area (Å²) in [4.78, 5) is 36.0. The third-order valence-corrected chi connectivity index (χ3v) is 9.82. The van der Waals surface area contributed by atoms with Crippen LogP contribution in [0.1, 0.15) is 52.5 Å². The molecule has 41 heavy (non-hydrogen) atoms. The van der Waals surface area contributed by atoms with E-state index in [9.17, 15) is 9.90 Å². The van der Waals surface area contributed by atoms with Crippen molar-refractivity contribution in [1.29, 1.82) is 0 Å². The van der Waals surface area contributed by atoms with Gasteiger partial charge in [-0.3, -0.25) is 19.5 Å². The van der Waals surface area contributed by atoms with E-state index in [2.05, 4.69) is 77.3 Å². The van der Waals surface area contributed by atoms with Crippen LogP contribution in [-0.2, 0) is 37.5 Å². The number of aromatic amines is 2. The third kappa shape index (κ3) is 6.78. The average molecular weight is 574 g/mol. The molecule has 1 aromatic carbocycles. The van der Waals surface area contributed by atoms with E-state index in [0.717, 1.165) is 69.2 Å². The second kappa shape index (κ2) is 12.3. The monoisotopic (exact) mass is 573 g/mol. The first kappa shape index (κ1) is 27.8. The van der Waals surface area contributed by atoms with Gasteiger partial charge in [0.05, 0.1) is 13.1 Å². The van der Waals surface area contributed by atoms with E-state index < -0.39 is 12.0 Å². The maximum atomic E-state index is 12.3. The lowest BCUT2D eigenvalue weighted by Crippen LogP contribution is -2.41. The standard InChI is InChI=1S/C31H39N7O2S/c1-23-6-15-41-27(23)19-36-13-7-31(8-14-36)16-26(30(39)40)38(22-31)18-25-4-2-24(3-5-25)17-37(20-28-32-9-10-33-28)21-29-34-11-12-35-29/h2-6,9-12,15,26H,7-8,13-14,16-22H2,1H3,(H,32,33)(H,34,35)(H,39,40). The van der Waals surface area contributed by atoms with Gasteiger partial charge in [0.2, 0.25) is 0 Å². The van der Waals surface area contributed by atoms with Gasteiger partial charge in [0.25, 0.3) is 0 Å². The highest BCUT2D eigenvalue weighted by Gasteiger charge is 2.48. The summed E-state index contributed by atoms with van der Waals surface area (Å²) >= 11 is 1.84. The van der Waals surface area contributed by atoms with Crippen molar-refractivity contribution in [3.05, 3.63) is 93.7 Å². The number of hydrogen-bond donors (Lipinski definition) is 3. The zero-order valence-corrected chi connectivity index (χ0v) is 24.4. The van der Waals surface area contributed by atoms with Crippen LogP contribution in [0.15, 0.2) is 60.5 Å². The van der Waals surface area contributed by atoms with Crippen LogP contribution in [0, 0.1) is 12.3 Å². The minimum absolute atomic E-state index is 0.0994. The number of H-pyrrole nitrogens is 2. The van der Waals surface area contributed by atoms with Crippen LogP contribution in [0.3, 0.4) is 0 Å². The Morgan fingerprint density at radius 3 is 2.22 bits per heavy atom. The molecule has 3 aromatic heterocycles. The number of likely N-dealkylation sites (tertiary alicyclic amines) is 2. The predicted molar refractivity (Wildman–Crippen MR) is 159 cm³/mol. The fourth-order valence-corrected chi connectivity index (χ4v) is 7.42. The molecule has 9 nitrogen and oxygen atoms in total. The number of aryl methyl sites for hydroxylation is 1. The Balaban J connectivity index is 1.07. The number of aliphatic carboxylic acids is 1. The molecule has 3 N–H and O–H groups in total. The minimum atomic E-state index is -0.693. The highest BCUT2D eigenvalue weighted by Crippen LogP contribution is 2.44. The van der Waals surface area contributed by atoms with Gasteiger partial charge >= 0.3 is 5.97 Å². The summed E-state index contributed by atoms with van der Waals surface area (Å²) in [6, 6.07) is 10.4. The van der Waals surface area contributed by atoms with Crippen molar-refractivity contribution >= 4 is 17.3 Å². The Hall–Kier alpha value is -3.31. The van der Waals surface area contributed by atoms with Crippen molar-refractivity contribution in [2.75, 3.05) is 19.6 Å². The summed E-state index contributed by atoms with van der Waals surface area (Å²) in [6.45, 7) is 8.95. The summed E-state index contributed by atoms with van der Waals surface area (Å²) in [6.07, 6.45) is 10.1. The molecule has 0 saturated carbocycles. The summed E-state index contributed by atoms with van der Waals surface area (Å²) in [5.41, 5.74) is 3.84. The summed E-state index contributed by atoms with van der Waals surface area (Å²) < 4.78 is 0. The summed E-state index contributed by atoms with van der Waals surface area (Å²) in [5, 5.41) is 12.3. The minimum Gasteiger partial charge on any atom is -0.480 e. The fraction of sp³-hybridized carbons (Fsp3) is 0.452. The van der Waals surface area contributed by atoms with Crippen molar-refractivity contribution in [3.63, 3.8) is 0 Å².